The van der Waals surface area contributed by atoms with Gasteiger partial charge in [-0.2, -0.15) is 5.10 Å². The highest BCUT2D eigenvalue weighted by atomic mass is 35.5. The van der Waals surface area contributed by atoms with Crippen LogP contribution in [0.5, 0.6) is 0 Å². The summed E-state index contributed by atoms with van der Waals surface area (Å²) in [6.45, 7) is 3.89. The van der Waals surface area contributed by atoms with Crippen molar-refractivity contribution in [3.8, 4) is 0 Å². The van der Waals surface area contributed by atoms with E-state index in [-0.39, 0.29) is 36.1 Å². The summed E-state index contributed by atoms with van der Waals surface area (Å²) in [6.07, 6.45) is 2.61. The molecule has 0 saturated heterocycles. The van der Waals surface area contributed by atoms with E-state index < -0.39 is 0 Å². The first-order valence-electron chi connectivity index (χ1n) is 9.52. The van der Waals surface area contributed by atoms with Crippen LogP contribution >= 0.6 is 22.9 Å². The summed E-state index contributed by atoms with van der Waals surface area (Å²) in [4.78, 5) is 25.5. The van der Waals surface area contributed by atoms with Crippen molar-refractivity contribution in [2.45, 2.75) is 64.1 Å². The standard InChI is InChI=1S/C19H23ClN4O3S/c1-10(2)18-22-23(9-17(26)21-11-3-5-12(25)6-4-11)19(27)14-7-15-13(24(14)18)8-16(20)28-15/h7-8,10-12,25H,3-6,9H2,1-2H3,(H,21,26). The Hall–Kier alpha value is -1.90. The van der Waals surface area contributed by atoms with Crippen LogP contribution in [0.3, 0.4) is 0 Å². The molecule has 1 fully saturated rings. The number of aliphatic hydroxyl groups is 1. The molecule has 3 aromatic rings. The normalized spacial score (nSPS) is 20.3. The first-order valence-corrected chi connectivity index (χ1v) is 10.7. The van der Waals surface area contributed by atoms with Gasteiger partial charge < -0.3 is 10.4 Å². The maximum Gasteiger partial charge on any atom is 0.291 e. The van der Waals surface area contributed by atoms with Gasteiger partial charge in [-0.3, -0.25) is 14.0 Å². The van der Waals surface area contributed by atoms with E-state index in [0.29, 0.717) is 28.5 Å². The van der Waals surface area contributed by atoms with Crippen LogP contribution in [-0.4, -0.2) is 37.3 Å². The number of hydrogen-bond acceptors (Lipinski definition) is 5. The first kappa shape index (κ1) is 19.4. The fourth-order valence-corrected chi connectivity index (χ4v) is 4.98. The van der Waals surface area contributed by atoms with E-state index in [1.807, 2.05) is 30.4 Å². The summed E-state index contributed by atoms with van der Waals surface area (Å²) in [7, 11) is 0. The van der Waals surface area contributed by atoms with Gasteiger partial charge in [-0.1, -0.05) is 25.4 Å². The van der Waals surface area contributed by atoms with Gasteiger partial charge in [0.2, 0.25) is 5.91 Å². The Balaban J connectivity index is 1.66. The van der Waals surface area contributed by atoms with Crippen LogP contribution in [0.1, 0.15) is 51.3 Å². The molecule has 28 heavy (non-hydrogen) atoms. The van der Waals surface area contributed by atoms with Crippen molar-refractivity contribution >= 4 is 44.6 Å². The first-order chi connectivity index (χ1) is 13.3. The van der Waals surface area contributed by atoms with E-state index in [1.165, 1.54) is 16.0 Å². The number of halogens is 1. The number of aliphatic hydroxyl groups excluding tert-OH is 1. The molecule has 7 nitrogen and oxygen atoms in total. The van der Waals surface area contributed by atoms with Crippen LogP contribution in [0, 0.1) is 0 Å². The molecule has 3 aromatic heterocycles. The molecular formula is C19H23ClN4O3S. The van der Waals surface area contributed by atoms with E-state index in [4.69, 9.17) is 11.6 Å². The molecule has 0 bridgehead atoms. The van der Waals surface area contributed by atoms with E-state index in [1.54, 1.807) is 0 Å². The Labute approximate surface area is 170 Å². The molecule has 1 amide bonds. The summed E-state index contributed by atoms with van der Waals surface area (Å²) < 4.78 is 4.69. The SMILES string of the molecule is CC(C)c1nn(CC(=O)NC2CCC(O)CC2)c(=O)c2cc3sc(Cl)cc3n12. The highest BCUT2D eigenvalue weighted by Gasteiger charge is 2.22. The fraction of sp³-hybridized carbons (Fsp3) is 0.526. The van der Waals surface area contributed by atoms with E-state index in [0.717, 1.165) is 23.1 Å². The molecular weight excluding hydrogens is 400 g/mol. The molecule has 0 spiro atoms. The Morgan fingerprint density at radius 2 is 2.04 bits per heavy atom. The predicted molar refractivity (Wildman–Crippen MR) is 110 cm³/mol. The third-order valence-electron chi connectivity index (χ3n) is 5.24. The Bertz CT molecular complexity index is 1090. The Kier molecular flexibility index (Phi) is 5.20. The van der Waals surface area contributed by atoms with Gasteiger partial charge in [0.15, 0.2) is 0 Å². The maximum absolute atomic E-state index is 13.0. The van der Waals surface area contributed by atoms with E-state index >= 15 is 0 Å². The summed E-state index contributed by atoms with van der Waals surface area (Å²) in [6, 6.07) is 3.70. The van der Waals surface area contributed by atoms with Gasteiger partial charge >= 0.3 is 0 Å². The third-order valence-corrected chi connectivity index (χ3v) is 6.44. The Morgan fingerprint density at radius 3 is 2.71 bits per heavy atom. The van der Waals surface area contributed by atoms with E-state index in [2.05, 4.69) is 10.4 Å². The van der Waals surface area contributed by atoms with Gasteiger partial charge in [0.25, 0.3) is 5.56 Å². The number of hydrogen-bond donors (Lipinski definition) is 2. The molecule has 0 atom stereocenters. The van der Waals surface area contributed by atoms with Crippen LogP contribution in [0.2, 0.25) is 4.34 Å². The minimum absolute atomic E-state index is 0.0423. The lowest BCUT2D eigenvalue weighted by Gasteiger charge is -2.26. The van der Waals surface area contributed by atoms with E-state index in [9.17, 15) is 14.7 Å². The number of amides is 1. The largest absolute Gasteiger partial charge is 0.393 e. The molecule has 4 rings (SSSR count). The molecule has 1 saturated carbocycles. The van der Waals surface area contributed by atoms with Crippen molar-refractivity contribution in [3.63, 3.8) is 0 Å². The number of thiophene rings is 1. The molecule has 1 aliphatic rings. The number of carbonyl (C=O) groups excluding carboxylic acids is 1. The smallest absolute Gasteiger partial charge is 0.291 e. The highest BCUT2D eigenvalue weighted by Crippen LogP contribution is 2.32. The number of fused-ring (bicyclic) bond motifs is 3. The maximum atomic E-state index is 13.0. The quantitative estimate of drug-likeness (QED) is 0.676. The molecule has 3 heterocycles. The van der Waals surface area contributed by atoms with Gasteiger partial charge in [-0.05, 0) is 37.8 Å². The number of aromatic nitrogens is 3. The molecule has 0 unspecified atom stereocenters. The zero-order valence-electron chi connectivity index (χ0n) is 15.8. The van der Waals surface area contributed by atoms with Gasteiger partial charge in [0.1, 0.15) is 17.9 Å². The average molecular weight is 423 g/mol. The summed E-state index contributed by atoms with van der Waals surface area (Å²) in [5.74, 6) is 0.547. The monoisotopic (exact) mass is 422 g/mol. The molecule has 9 heteroatoms. The van der Waals surface area contributed by atoms with Gasteiger partial charge in [-0.15, -0.1) is 11.3 Å². The van der Waals surface area contributed by atoms with Crippen molar-refractivity contribution in [1.29, 1.82) is 0 Å². The van der Waals surface area contributed by atoms with Gasteiger partial charge in [-0.25, -0.2) is 4.68 Å². The average Bonchev–Trinajstić information content (AvgIpc) is 3.15. The summed E-state index contributed by atoms with van der Waals surface area (Å²) in [5, 5.41) is 17.1. The van der Waals surface area contributed by atoms with Crippen LogP contribution in [0.25, 0.3) is 15.7 Å². The lowest BCUT2D eigenvalue weighted by atomic mass is 9.93. The topological polar surface area (TPSA) is 88.6 Å². The number of nitrogens with one attached hydrogen (secondary N) is 1. The Morgan fingerprint density at radius 1 is 1.32 bits per heavy atom. The molecule has 1 aliphatic carbocycles. The second kappa shape index (κ2) is 7.50. The number of rotatable bonds is 4. The minimum atomic E-state index is -0.293. The molecule has 150 valence electrons. The second-order valence-corrected chi connectivity index (χ2v) is 9.43. The number of nitrogens with zero attached hydrogens (tertiary/aromatic N) is 3. The second-order valence-electron chi connectivity index (χ2n) is 7.71. The third kappa shape index (κ3) is 3.56. The van der Waals surface area contributed by atoms with Crippen molar-refractivity contribution in [2.75, 3.05) is 0 Å². The van der Waals surface area contributed by atoms with Crippen molar-refractivity contribution in [1.82, 2.24) is 19.5 Å². The molecule has 2 N–H and O–H groups in total. The fourth-order valence-electron chi connectivity index (χ4n) is 3.82. The molecule has 0 radical (unpaired) electrons. The summed E-state index contributed by atoms with van der Waals surface area (Å²) >= 11 is 7.55. The van der Waals surface area contributed by atoms with Gasteiger partial charge in [0, 0.05) is 12.0 Å². The van der Waals surface area contributed by atoms with Crippen molar-refractivity contribution < 1.29 is 9.90 Å². The summed E-state index contributed by atoms with van der Waals surface area (Å²) in [5.41, 5.74) is 1.08. The zero-order valence-corrected chi connectivity index (χ0v) is 17.4. The van der Waals surface area contributed by atoms with Crippen molar-refractivity contribution in [2.24, 2.45) is 0 Å². The zero-order chi connectivity index (χ0) is 20.0. The van der Waals surface area contributed by atoms with Crippen LogP contribution in [-0.2, 0) is 11.3 Å². The molecule has 0 aromatic carbocycles. The predicted octanol–water partition coefficient (Wildman–Crippen LogP) is 2.91. The highest BCUT2D eigenvalue weighted by molar-refractivity contribution is 7.22. The van der Waals surface area contributed by atoms with Crippen molar-refractivity contribution in [3.05, 3.63) is 32.6 Å². The lowest BCUT2D eigenvalue weighted by molar-refractivity contribution is -0.123. The lowest BCUT2D eigenvalue weighted by Crippen LogP contribution is -2.42. The van der Waals surface area contributed by atoms with Crippen LogP contribution in [0.4, 0.5) is 0 Å². The number of carbonyl (C=O) groups is 1. The van der Waals surface area contributed by atoms with Crippen LogP contribution < -0.4 is 10.9 Å². The molecule has 0 aliphatic heterocycles. The minimum Gasteiger partial charge on any atom is -0.393 e. The van der Waals surface area contributed by atoms with Gasteiger partial charge in [0.05, 0.1) is 20.7 Å². The van der Waals surface area contributed by atoms with Crippen LogP contribution in [0.15, 0.2) is 16.9 Å².